The molecule has 4 aliphatic carbocycles. The van der Waals surface area contributed by atoms with Crippen molar-refractivity contribution >= 4 is 5.57 Å². The average molecular weight is 471 g/mol. The Hall–Kier alpha value is -2.27. The van der Waals surface area contributed by atoms with Crippen LogP contribution >= 0.6 is 0 Å². The smallest absolute Gasteiger partial charge is 0.416 e. The maximum absolute atomic E-state index is 13.1. The third kappa shape index (κ3) is 4.51. The first-order chi connectivity index (χ1) is 16.3. The molecule has 2 aromatic carbocycles. The van der Waals surface area contributed by atoms with Crippen LogP contribution in [0.25, 0.3) is 5.57 Å². The molecule has 2 nitrogen and oxygen atoms in total. The van der Waals surface area contributed by atoms with Gasteiger partial charge >= 0.3 is 6.18 Å². The Kier molecular flexibility index (Phi) is 6.26. The van der Waals surface area contributed by atoms with Crippen LogP contribution in [0.15, 0.2) is 48.5 Å². The summed E-state index contributed by atoms with van der Waals surface area (Å²) in [4.78, 5) is 0. The van der Waals surface area contributed by atoms with Crippen LogP contribution < -0.4 is 4.74 Å². The lowest BCUT2D eigenvalue weighted by Crippen LogP contribution is -2.48. The monoisotopic (exact) mass is 470 g/mol. The number of aliphatic hydroxyl groups is 1. The van der Waals surface area contributed by atoms with E-state index in [-0.39, 0.29) is 12.0 Å². The van der Waals surface area contributed by atoms with Gasteiger partial charge in [0.2, 0.25) is 0 Å². The van der Waals surface area contributed by atoms with Crippen molar-refractivity contribution in [3.8, 4) is 5.75 Å². The Bertz CT molecular complexity index is 1030. The predicted octanol–water partition coefficient (Wildman–Crippen LogP) is 7.19. The molecule has 4 fully saturated rings. The molecule has 2 aromatic rings. The second-order valence-electron chi connectivity index (χ2n) is 10.7. The fourth-order valence-electron chi connectivity index (χ4n) is 7.35. The average Bonchev–Trinajstić information content (AvgIpc) is 2.80. The molecule has 182 valence electrons. The van der Waals surface area contributed by atoms with Crippen molar-refractivity contribution in [2.75, 3.05) is 13.7 Å². The van der Waals surface area contributed by atoms with E-state index in [0.717, 1.165) is 42.1 Å². The molecule has 4 bridgehead atoms. The molecule has 1 N–H and O–H groups in total. The van der Waals surface area contributed by atoms with Crippen LogP contribution in [0.2, 0.25) is 0 Å². The minimum absolute atomic E-state index is 0.236. The molecule has 0 saturated heterocycles. The molecular formula is C29H33F3O2. The van der Waals surface area contributed by atoms with Gasteiger partial charge in [0.1, 0.15) is 5.75 Å². The number of benzene rings is 2. The number of aliphatic hydroxyl groups excluding tert-OH is 1. The van der Waals surface area contributed by atoms with E-state index in [1.807, 2.05) is 6.08 Å². The molecule has 4 aliphatic rings. The molecule has 0 amide bonds. The largest absolute Gasteiger partial charge is 0.496 e. The van der Waals surface area contributed by atoms with Gasteiger partial charge in [0, 0.05) is 5.56 Å². The SMILES string of the molecule is COc1ccc(CC/C=C(\CO)c2cccc(C(F)(F)F)c2)cc1C12CC3CC(CC(C3)C1)C2. The third-order valence-corrected chi connectivity index (χ3v) is 8.43. The number of allylic oxidation sites excluding steroid dienone is 1. The first-order valence-electron chi connectivity index (χ1n) is 12.4. The molecule has 0 atom stereocenters. The molecule has 0 aliphatic heterocycles. The quantitative estimate of drug-likeness (QED) is 0.464. The van der Waals surface area contributed by atoms with Gasteiger partial charge in [0.15, 0.2) is 0 Å². The molecule has 5 heteroatoms. The van der Waals surface area contributed by atoms with Crippen LogP contribution in [0.5, 0.6) is 5.75 Å². The first kappa shape index (κ1) is 23.5. The summed E-state index contributed by atoms with van der Waals surface area (Å²) in [6.45, 7) is -0.289. The summed E-state index contributed by atoms with van der Waals surface area (Å²) in [6.07, 6.45) is 6.87. The van der Waals surface area contributed by atoms with E-state index in [9.17, 15) is 18.3 Å². The highest BCUT2D eigenvalue weighted by Crippen LogP contribution is 2.62. The summed E-state index contributed by atoms with van der Waals surface area (Å²) in [5.41, 5.74) is 3.06. The van der Waals surface area contributed by atoms with Crippen molar-refractivity contribution in [1.29, 1.82) is 0 Å². The summed E-state index contributed by atoms with van der Waals surface area (Å²) in [5, 5.41) is 9.81. The topological polar surface area (TPSA) is 29.5 Å². The Morgan fingerprint density at radius 1 is 1.03 bits per heavy atom. The van der Waals surface area contributed by atoms with Gasteiger partial charge in [-0.15, -0.1) is 0 Å². The summed E-state index contributed by atoms with van der Waals surface area (Å²) >= 11 is 0. The molecule has 0 radical (unpaired) electrons. The minimum Gasteiger partial charge on any atom is -0.496 e. The molecule has 34 heavy (non-hydrogen) atoms. The van der Waals surface area contributed by atoms with E-state index in [0.29, 0.717) is 17.6 Å². The second kappa shape index (κ2) is 9.07. The van der Waals surface area contributed by atoms with Crippen LogP contribution in [-0.2, 0) is 18.0 Å². The van der Waals surface area contributed by atoms with E-state index in [1.54, 1.807) is 13.2 Å². The number of hydrogen-bond donors (Lipinski definition) is 1. The second-order valence-corrected chi connectivity index (χ2v) is 10.7. The maximum atomic E-state index is 13.1. The minimum atomic E-state index is -4.40. The number of ether oxygens (including phenoxy) is 1. The van der Waals surface area contributed by atoms with Gasteiger partial charge in [-0.05, 0) is 109 Å². The van der Waals surface area contributed by atoms with Gasteiger partial charge in [0.05, 0.1) is 19.3 Å². The van der Waals surface area contributed by atoms with Crippen molar-refractivity contribution in [2.24, 2.45) is 17.8 Å². The van der Waals surface area contributed by atoms with Gasteiger partial charge < -0.3 is 9.84 Å². The molecule has 0 heterocycles. The summed E-state index contributed by atoms with van der Waals surface area (Å²) in [7, 11) is 1.75. The van der Waals surface area contributed by atoms with Crippen molar-refractivity contribution in [3.63, 3.8) is 0 Å². The Balaban J connectivity index is 1.35. The van der Waals surface area contributed by atoms with E-state index >= 15 is 0 Å². The van der Waals surface area contributed by atoms with Crippen molar-refractivity contribution in [3.05, 3.63) is 70.8 Å². The normalized spacial score (nSPS) is 28.4. The van der Waals surface area contributed by atoms with Crippen LogP contribution in [0.1, 0.15) is 67.2 Å². The fourth-order valence-corrected chi connectivity index (χ4v) is 7.35. The number of hydrogen-bond acceptors (Lipinski definition) is 2. The molecule has 6 rings (SSSR count). The summed E-state index contributed by atoms with van der Waals surface area (Å²) in [5.74, 6) is 3.53. The summed E-state index contributed by atoms with van der Waals surface area (Å²) in [6, 6.07) is 11.7. The fraction of sp³-hybridized carbons (Fsp3) is 0.517. The highest BCUT2D eigenvalue weighted by Gasteiger charge is 2.52. The first-order valence-corrected chi connectivity index (χ1v) is 12.4. The Labute approximate surface area is 199 Å². The van der Waals surface area contributed by atoms with Crippen molar-refractivity contribution < 1.29 is 23.0 Å². The maximum Gasteiger partial charge on any atom is 0.416 e. The zero-order chi connectivity index (χ0) is 23.9. The van der Waals surface area contributed by atoms with Gasteiger partial charge in [-0.2, -0.15) is 13.2 Å². The van der Waals surface area contributed by atoms with E-state index in [4.69, 9.17) is 4.74 Å². The Morgan fingerprint density at radius 2 is 1.71 bits per heavy atom. The number of aryl methyl sites for hydroxylation is 1. The lowest BCUT2D eigenvalue weighted by Gasteiger charge is -2.57. The van der Waals surface area contributed by atoms with Crippen LogP contribution in [0.3, 0.4) is 0 Å². The third-order valence-electron chi connectivity index (χ3n) is 8.43. The molecule has 0 spiro atoms. The van der Waals surface area contributed by atoms with Crippen molar-refractivity contribution in [1.82, 2.24) is 0 Å². The summed E-state index contributed by atoms with van der Waals surface area (Å²) < 4.78 is 45.1. The number of alkyl halides is 3. The van der Waals surface area contributed by atoms with Gasteiger partial charge in [-0.3, -0.25) is 0 Å². The lowest BCUT2D eigenvalue weighted by molar-refractivity contribution is -0.137. The van der Waals surface area contributed by atoms with E-state index < -0.39 is 11.7 Å². The van der Waals surface area contributed by atoms with E-state index in [1.165, 1.54) is 55.7 Å². The van der Waals surface area contributed by atoms with Gasteiger partial charge in [-0.25, -0.2) is 0 Å². The molecular weight excluding hydrogens is 437 g/mol. The zero-order valence-electron chi connectivity index (χ0n) is 19.7. The van der Waals surface area contributed by atoms with Gasteiger partial charge in [-0.1, -0.05) is 30.3 Å². The van der Waals surface area contributed by atoms with Crippen LogP contribution in [-0.4, -0.2) is 18.8 Å². The Morgan fingerprint density at radius 3 is 2.29 bits per heavy atom. The molecule has 0 unspecified atom stereocenters. The zero-order valence-corrected chi connectivity index (χ0v) is 19.7. The predicted molar refractivity (Wildman–Crippen MR) is 128 cm³/mol. The van der Waals surface area contributed by atoms with E-state index in [2.05, 4.69) is 18.2 Å². The molecule has 4 saturated carbocycles. The number of methoxy groups -OCH3 is 1. The van der Waals surface area contributed by atoms with Crippen molar-refractivity contribution in [2.45, 2.75) is 63.0 Å². The molecule has 0 aromatic heterocycles. The standard InChI is InChI=1S/C29H33F3O2/c1-34-27-9-8-19(13-26(27)28-15-20-10-21(16-28)12-22(11-20)17-28)4-2-6-24(18-33)23-5-3-7-25(14-23)29(30,31)32/h3,5-9,13-14,20-22,33H,2,4,10-12,15-18H2,1H3/b24-6+. The number of rotatable bonds is 7. The highest BCUT2D eigenvalue weighted by molar-refractivity contribution is 5.66. The highest BCUT2D eigenvalue weighted by atomic mass is 19.4. The van der Waals surface area contributed by atoms with Crippen LogP contribution in [0, 0.1) is 17.8 Å². The van der Waals surface area contributed by atoms with Gasteiger partial charge in [0.25, 0.3) is 0 Å². The lowest BCUT2D eigenvalue weighted by atomic mass is 9.48. The van der Waals surface area contributed by atoms with Crippen LogP contribution in [0.4, 0.5) is 13.2 Å². The number of halogens is 3.